The second-order valence-corrected chi connectivity index (χ2v) is 6.33. The summed E-state index contributed by atoms with van der Waals surface area (Å²) in [5.74, 6) is 0.0756. The summed E-state index contributed by atoms with van der Waals surface area (Å²) in [6.45, 7) is 2.91. The molecule has 8 heteroatoms. The third kappa shape index (κ3) is 5.58. The van der Waals surface area contributed by atoms with Crippen LogP contribution in [0.2, 0.25) is 0 Å². The van der Waals surface area contributed by atoms with E-state index in [4.69, 9.17) is 5.73 Å². The summed E-state index contributed by atoms with van der Waals surface area (Å²) in [5.41, 5.74) is 7.70. The first-order valence-electron chi connectivity index (χ1n) is 8.43. The van der Waals surface area contributed by atoms with Crippen LogP contribution in [-0.4, -0.2) is 34.8 Å². The number of anilines is 2. The van der Waals surface area contributed by atoms with Crippen LogP contribution in [0.1, 0.15) is 28.9 Å². The number of aryl methyl sites for hydroxylation is 1. The van der Waals surface area contributed by atoms with Gasteiger partial charge in [-0.15, -0.1) is 24.8 Å². The van der Waals surface area contributed by atoms with Crippen molar-refractivity contribution in [3.63, 3.8) is 0 Å². The van der Waals surface area contributed by atoms with Crippen molar-refractivity contribution in [2.75, 3.05) is 24.1 Å². The number of halogens is 2. The highest BCUT2D eigenvalue weighted by Gasteiger charge is 2.29. The molecule has 27 heavy (non-hydrogen) atoms. The summed E-state index contributed by atoms with van der Waals surface area (Å²) in [5, 5.41) is 2.85. The fraction of sp³-hybridized carbons (Fsp3) is 0.316. The highest BCUT2D eigenvalue weighted by atomic mass is 35.5. The monoisotopic (exact) mass is 410 g/mol. The average molecular weight is 411 g/mol. The van der Waals surface area contributed by atoms with Crippen molar-refractivity contribution in [1.29, 1.82) is 0 Å². The van der Waals surface area contributed by atoms with Gasteiger partial charge in [0, 0.05) is 24.5 Å². The molecule has 0 bridgehead atoms. The van der Waals surface area contributed by atoms with Crippen LogP contribution in [0, 0.1) is 12.8 Å². The molecule has 1 aliphatic heterocycles. The van der Waals surface area contributed by atoms with E-state index in [2.05, 4.69) is 10.3 Å². The van der Waals surface area contributed by atoms with Gasteiger partial charge in [-0.05, 0) is 44.0 Å². The van der Waals surface area contributed by atoms with Crippen LogP contribution in [0.25, 0.3) is 0 Å². The molecular formula is C19H24Cl2N4O2. The fourth-order valence-corrected chi connectivity index (χ4v) is 3.08. The van der Waals surface area contributed by atoms with Crippen molar-refractivity contribution in [2.45, 2.75) is 19.8 Å². The van der Waals surface area contributed by atoms with E-state index >= 15 is 0 Å². The normalized spacial score (nSPS) is 15.9. The Bertz CT molecular complexity index is 801. The maximum atomic E-state index is 12.7. The number of likely N-dealkylation sites (tertiary alicyclic amines) is 1. The Kier molecular flexibility index (Phi) is 8.53. The van der Waals surface area contributed by atoms with Crippen molar-refractivity contribution in [3.8, 4) is 0 Å². The summed E-state index contributed by atoms with van der Waals surface area (Å²) >= 11 is 0. The maximum Gasteiger partial charge on any atom is 0.255 e. The first-order chi connectivity index (χ1) is 12.0. The molecular weight excluding hydrogens is 387 g/mol. The number of hydrogen-bond donors (Lipinski definition) is 2. The maximum absolute atomic E-state index is 12.7. The summed E-state index contributed by atoms with van der Waals surface area (Å²) in [6, 6.07) is 12.5. The highest BCUT2D eigenvalue weighted by molar-refractivity contribution is 5.99. The van der Waals surface area contributed by atoms with E-state index in [1.165, 1.54) is 0 Å². The van der Waals surface area contributed by atoms with Crippen LogP contribution < -0.4 is 11.1 Å². The minimum atomic E-state index is -0.245. The molecule has 1 fully saturated rings. The predicted octanol–water partition coefficient (Wildman–Crippen LogP) is 3.31. The van der Waals surface area contributed by atoms with Crippen LogP contribution in [-0.2, 0) is 4.79 Å². The minimum Gasteiger partial charge on any atom is -0.398 e. The second-order valence-electron chi connectivity index (χ2n) is 6.33. The molecule has 1 unspecified atom stereocenters. The van der Waals surface area contributed by atoms with Crippen LogP contribution in [0.15, 0.2) is 42.5 Å². The predicted molar refractivity (Wildman–Crippen MR) is 112 cm³/mol. The lowest BCUT2D eigenvalue weighted by Gasteiger charge is -2.32. The molecule has 0 spiro atoms. The van der Waals surface area contributed by atoms with Gasteiger partial charge in [-0.3, -0.25) is 9.59 Å². The number of nitrogen functional groups attached to an aromatic ring is 1. The zero-order valence-corrected chi connectivity index (χ0v) is 16.7. The molecule has 2 aromatic rings. The molecule has 0 radical (unpaired) electrons. The Balaban J connectivity index is 0.00000182. The van der Waals surface area contributed by atoms with Gasteiger partial charge in [0.2, 0.25) is 5.91 Å². The molecule has 2 heterocycles. The average Bonchev–Trinajstić information content (AvgIpc) is 2.62. The molecule has 2 amide bonds. The lowest BCUT2D eigenvalue weighted by atomic mass is 9.96. The minimum absolute atomic E-state index is 0. The van der Waals surface area contributed by atoms with Crippen molar-refractivity contribution in [2.24, 2.45) is 5.92 Å². The number of piperidine rings is 1. The number of para-hydroxylation sites is 1. The molecule has 0 aliphatic carbocycles. The largest absolute Gasteiger partial charge is 0.398 e. The standard InChI is InChI=1S/C19H22N4O2.2ClH/c1-13-6-4-10-17(21-13)22-18(24)14-7-5-11-23(12-14)19(25)15-8-2-3-9-16(15)20;;/h2-4,6,8-10,14H,5,7,11-12,20H2,1H3,(H,21,22,24);2*1H. The molecule has 1 aromatic heterocycles. The zero-order chi connectivity index (χ0) is 17.8. The van der Waals surface area contributed by atoms with Crippen molar-refractivity contribution in [3.05, 3.63) is 53.7 Å². The smallest absolute Gasteiger partial charge is 0.255 e. The first kappa shape index (κ1) is 22.7. The Labute approximate surface area is 171 Å². The summed E-state index contributed by atoms with van der Waals surface area (Å²) in [6.07, 6.45) is 1.55. The molecule has 1 saturated heterocycles. The number of nitrogens with zero attached hydrogens (tertiary/aromatic N) is 2. The van der Waals surface area contributed by atoms with Gasteiger partial charge in [0.25, 0.3) is 5.91 Å². The van der Waals surface area contributed by atoms with Crippen molar-refractivity contribution < 1.29 is 9.59 Å². The topological polar surface area (TPSA) is 88.3 Å². The Morgan fingerprint density at radius 1 is 1.15 bits per heavy atom. The molecule has 1 aromatic carbocycles. The van der Waals surface area contributed by atoms with E-state index in [0.717, 1.165) is 18.5 Å². The number of nitrogens with one attached hydrogen (secondary N) is 1. The molecule has 146 valence electrons. The molecule has 3 rings (SSSR count). The van der Waals surface area contributed by atoms with E-state index < -0.39 is 0 Å². The SMILES string of the molecule is Cc1cccc(NC(=O)C2CCCN(C(=O)c3ccccc3N)C2)n1.Cl.Cl. The Morgan fingerprint density at radius 3 is 2.59 bits per heavy atom. The number of nitrogens with two attached hydrogens (primary N) is 1. The molecule has 0 saturated carbocycles. The van der Waals surface area contributed by atoms with Crippen LogP contribution in [0.5, 0.6) is 0 Å². The van der Waals surface area contributed by atoms with E-state index in [9.17, 15) is 9.59 Å². The van der Waals surface area contributed by atoms with Crippen molar-refractivity contribution in [1.82, 2.24) is 9.88 Å². The van der Waals surface area contributed by atoms with Gasteiger partial charge in [0.05, 0.1) is 11.5 Å². The number of hydrogen-bond acceptors (Lipinski definition) is 4. The number of aromatic nitrogens is 1. The summed E-state index contributed by atoms with van der Waals surface area (Å²) in [7, 11) is 0. The molecule has 1 aliphatic rings. The van der Waals surface area contributed by atoms with Crippen molar-refractivity contribution >= 4 is 48.1 Å². The molecule has 6 nitrogen and oxygen atoms in total. The van der Waals surface area contributed by atoms with E-state index in [1.54, 1.807) is 35.2 Å². The van der Waals surface area contributed by atoms with Gasteiger partial charge >= 0.3 is 0 Å². The van der Waals surface area contributed by atoms with Gasteiger partial charge < -0.3 is 16.0 Å². The van der Waals surface area contributed by atoms with Gasteiger partial charge in [-0.25, -0.2) is 4.98 Å². The lowest BCUT2D eigenvalue weighted by molar-refractivity contribution is -0.121. The lowest BCUT2D eigenvalue weighted by Crippen LogP contribution is -2.44. The van der Waals surface area contributed by atoms with Gasteiger partial charge in [-0.1, -0.05) is 18.2 Å². The third-order valence-electron chi connectivity index (χ3n) is 4.41. The van der Waals surface area contributed by atoms with Gasteiger partial charge in [0.1, 0.15) is 5.82 Å². The Hall–Kier alpha value is -2.31. The van der Waals surface area contributed by atoms with Gasteiger partial charge in [-0.2, -0.15) is 0 Å². The summed E-state index contributed by atoms with van der Waals surface area (Å²) in [4.78, 5) is 31.2. The van der Waals surface area contributed by atoms with Crippen LogP contribution >= 0.6 is 24.8 Å². The highest BCUT2D eigenvalue weighted by Crippen LogP contribution is 2.22. The van der Waals surface area contributed by atoms with Crippen LogP contribution in [0.4, 0.5) is 11.5 Å². The Morgan fingerprint density at radius 2 is 1.89 bits per heavy atom. The number of benzene rings is 1. The van der Waals surface area contributed by atoms with Crippen LogP contribution in [0.3, 0.4) is 0 Å². The second kappa shape index (κ2) is 10.1. The van der Waals surface area contributed by atoms with E-state index in [-0.39, 0.29) is 42.5 Å². The summed E-state index contributed by atoms with van der Waals surface area (Å²) < 4.78 is 0. The van der Waals surface area contributed by atoms with Gasteiger partial charge in [0.15, 0.2) is 0 Å². The third-order valence-corrected chi connectivity index (χ3v) is 4.41. The van der Waals surface area contributed by atoms with E-state index in [1.807, 2.05) is 19.1 Å². The molecule has 1 atom stereocenters. The number of pyridine rings is 1. The number of amides is 2. The van der Waals surface area contributed by atoms with E-state index in [0.29, 0.717) is 30.2 Å². The number of rotatable bonds is 3. The number of carbonyl (C=O) groups excluding carboxylic acids is 2. The number of carbonyl (C=O) groups is 2. The quantitative estimate of drug-likeness (QED) is 0.759. The molecule has 3 N–H and O–H groups in total. The fourth-order valence-electron chi connectivity index (χ4n) is 3.08. The zero-order valence-electron chi connectivity index (χ0n) is 15.1. The first-order valence-corrected chi connectivity index (χ1v) is 8.43.